The molecule has 0 aliphatic rings. The molecule has 0 saturated heterocycles. The van der Waals surface area contributed by atoms with E-state index in [4.69, 9.17) is 5.26 Å². The quantitative estimate of drug-likeness (QED) is 0.364. The molecule has 5 rings (SSSR count). The maximum atomic E-state index is 14.4. The highest BCUT2D eigenvalue weighted by Crippen LogP contribution is 2.17. The van der Waals surface area contributed by atoms with E-state index in [2.05, 4.69) is 35.7 Å². The van der Waals surface area contributed by atoms with Crippen LogP contribution in [0.2, 0.25) is 0 Å². The smallest absolute Gasteiger partial charge is 0.283 e. The van der Waals surface area contributed by atoms with Crippen molar-refractivity contribution < 1.29 is 4.39 Å². The van der Waals surface area contributed by atoms with E-state index in [9.17, 15) is 9.18 Å². The number of nitrogens with one attached hydrogen (secondary N) is 3. The molecule has 0 fully saturated rings. The topological polar surface area (TPSA) is 137 Å². The zero-order valence-corrected chi connectivity index (χ0v) is 18.4. The van der Waals surface area contributed by atoms with Gasteiger partial charge in [-0.05, 0) is 36.4 Å². The van der Waals surface area contributed by atoms with Crippen LogP contribution in [0.3, 0.4) is 0 Å². The van der Waals surface area contributed by atoms with Crippen LogP contribution in [0.1, 0.15) is 25.2 Å². The molecule has 3 heterocycles. The second-order valence-corrected chi connectivity index (χ2v) is 6.78. The Bertz CT molecular complexity index is 1550. The third-order valence-corrected chi connectivity index (χ3v) is 4.81. The number of H-pyrrole nitrogens is 1. The highest BCUT2D eigenvalue weighted by Gasteiger charge is 2.15. The second kappa shape index (κ2) is 9.74. The molecule has 0 unspecified atom stereocenters. The van der Waals surface area contributed by atoms with Crippen LogP contribution in [0.15, 0.2) is 59.9 Å². The molecule has 3 N–H and O–H groups in total. The van der Waals surface area contributed by atoms with Crippen molar-refractivity contribution >= 4 is 33.6 Å². The average molecular weight is 457 g/mol. The molecule has 5 aromatic rings. The number of rotatable bonds is 5. The SMILES string of the molecule is CC.N#Cc1ccc(Nn2c(CNc3ncnc4nc[nH]c34)nc3cccc(F)c3c2=O)cc1. The molecule has 0 spiro atoms. The molecule has 0 bridgehead atoms. The summed E-state index contributed by atoms with van der Waals surface area (Å²) in [5, 5.41) is 12.0. The lowest BCUT2D eigenvalue weighted by atomic mass is 10.2. The van der Waals surface area contributed by atoms with Crippen LogP contribution >= 0.6 is 0 Å². The van der Waals surface area contributed by atoms with Gasteiger partial charge in [-0.3, -0.25) is 10.2 Å². The van der Waals surface area contributed by atoms with Crippen molar-refractivity contribution in [2.75, 3.05) is 10.7 Å². The number of aromatic nitrogens is 6. The molecular formula is C23H20FN9O. The number of nitriles is 1. The van der Waals surface area contributed by atoms with Gasteiger partial charge in [-0.2, -0.15) is 5.26 Å². The number of hydrogen-bond acceptors (Lipinski definition) is 8. The summed E-state index contributed by atoms with van der Waals surface area (Å²) in [5.74, 6) is 0.111. The fraction of sp³-hybridized carbons (Fsp3) is 0.130. The number of fused-ring (bicyclic) bond motifs is 2. The normalized spacial score (nSPS) is 10.4. The van der Waals surface area contributed by atoms with Gasteiger partial charge in [0, 0.05) is 0 Å². The first-order valence-electron chi connectivity index (χ1n) is 10.5. The molecule has 0 radical (unpaired) electrons. The summed E-state index contributed by atoms with van der Waals surface area (Å²) in [6.45, 7) is 4.09. The molecule has 10 nitrogen and oxygen atoms in total. The molecule has 3 aromatic heterocycles. The number of imidazole rings is 1. The average Bonchev–Trinajstić information content (AvgIpc) is 3.36. The summed E-state index contributed by atoms with van der Waals surface area (Å²) in [4.78, 5) is 33.0. The largest absolute Gasteiger partial charge is 0.361 e. The van der Waals surface area contributed by atoms with E-state index in [0.29, 0.717) is 34.1 Å². The van der Waals surface area contributed by atoms with Gasteiger partial charge in [0.15, 0.2) is 17.3 Å². The van der Waals surface area contributed by atoms with Gasteiger partial charge >= 0.3 is 0 Å². The summed E-state index contributed by atoms with van der Waals surface area (Å²) in [5.41, 5.74) is 4.69. The van der Waals surface area contributed by atoms with E-state index in [1.807, 2.05) is 19.9 Å². The van der Waals surface area contributed by atoms with E-state index < -0.39 is 11.4 Å². The lowest BCUT2D eigenvalue weighted by Gasteiger charge is -2.16. The third-order valence-electron chi connectivity index (χ3n) is 4.81. The highest BCUT2D eigenvalue weighted by molar-refractivity contribution is 5.82. The van der Waals surface area contributed by atoms with Crippen LogP contribution < -0.4 is 16.3 Å². The summed E-state index contributed by atoms with van der Waals surface area (Å²) < 4.78 is 15.6. The monoisotopic (exact) mass is 457 g/mol. The Morgan fingerprint density at radius 1 is 1.12 bits per heavy atom. The van der Waals surface area contributed by atoms with Crippen LogP contribution in [-0.2, 0) is 6.54 Å². The first kappa shape index (κ1) is 22.3. The van der Waals surface area contributed by atoms with Crippen molar-refractivity contribution in [3.8, 4) is 6.07 Å². The van der Waals surface area contributed by atoms with Crippen molar-refractivity contribution in [2.24, 2.45) is 0 Å². The molecule has 170 valence electrons. The van der Waals surface area contributed by atoms with E-state index in [0.717, 1.165) is 0 Å². The number of aromatic amines is 1. The van der Waals surface area contributed by atoms with E-state index in [1.165, 1.54) is 29.5 Å². The maximum absolute atomic E-state index is 14.4. The van der Waals surface area contributed by atoms with Crippen LogP contribution in [0.25, 0.3) is 22.1 Å². The fourth-order valence-corrected chi connectivity index (χ4v) is 3.28. The van der Waals surface area contributed by atoms with Gasteiger partial charge < -0.3 is 10.3 Å². The maximum Gasteiger partial charge on any atom is 0.283 e. The Morgan fingerprint density at radius 2 is 1.91 bits per heavy atom. The molecule has 0 atom stereocenters. The standard InChI is InChI=1S/C21H14FN9O.C2H6/c22-14-2-1-3-15-17(14)21(32)31(30-13-6-4-12(8-23)5-7-13)16(29-15)9-24-19-18-20(26-10-25-18)28-11-27-19;1-2/h1-7,10-11,30H,9H2,(H2,24,25,26,27,28);1-2H3. The van der Waals surface area contributed by atoms with Gasteiger partial charge in [0.25, 0.3) is 5.56 Å². The minimum absolute atomic E-state index is 0.0934. The molecule has 34 heavy (non-hydrogen) atoms. The number of nitrogens with zero attached hydrogens (tertiary/aromatic N) is 6. The van der Waals surface area contributed by atoms with Gasteiger partial charge in [0.05, 0.1) is 35.7 Å². The lowest BCUT2D eigenvalue weighted by molar-refractivity contribution is 0.635. The molecule has 0 aliphatic carbocycles. The summed E-state index contributed by atoms with van der Waals surface area (Å²) in [6, 6.07) is 12.8. The van der Waals surface area contributed by atoms with Crippen molar-refractivity contribution in [3.05, 3.63) is 82.7 Å². The summed E-state index contributed by atoms with van der Waals surface area (Å²) in [6.07, 6.45) is 2.88. The lowest BCUT2D eigenvalue weighted by Crippen LogP contribution is -2.32. The minimum Gasteiger partial charge on any atom is -0.361 e. The van der Waals surface area contributed by atoms with E-state index in [1.54, 1.807) is 30.3 Å². The molecule has 11 heteroatoms. The number of hydrogen-bond donors (Lipinski definition) is 3. The highest BCUT2D eigenvalue weighted by atomic mass is 19.1. The molecule has 0 saturated carbocycles. The molecule has 2 aromatic carbocycles. The summed E-state index contributed by atoms with van der Waals surface area (Å²) >= 11 is 0. The molecular weight excluding hydrogens is 437 g/mol. The Morgan fingerprint density at radius 3 is 2.68 bits per heavy atom. The van der Waals surface area contributed by atoms with Crippen molar-refractivity contribution in [1.29, 1.82) is 5.26 Å². The van der Waals surface area contributed by atoms with Gasteiger partial charge in [-0.1, -0.05) is 19.9 Å². The van der Waals surface area contributed by atoms with Crippen LogP contribution in [0.4, 0.5) is 15.9 Å². The van der Waals surface area contributed by atoms with Crippen LogP contribution in [-0.4, -0.2) is 29.6 Å². The first-order valence-corrected chi connectivity index (χ1v) is 10.5. The van der Waals surface area contributed by atoms with Gasteiger partial charge in [0.2, 0.25) is 0 Å². The molecule has 0 aliphatic heterocycles. The number of anilines is 2. The zero-order chi connectivity index (χ0) is 24.1. The van der Waals surface area contributed by atoms with Crippen LogP contribution in [0, 0.1) is 17.1 Å². The Labute approximate surface area is 193 Å². The van der Waals surface area contributed by atoms with Crippen molar-refractivity contribution in [2.45, 2.75) is 20.4 Å². The Kier molecular flexibility index (Phi) is 6.40. The number of halogens is 1. The van der Waals surface area contributed by atoms with Gasteiger partial charge in [-0.25, -0.2) is 29.0 Å². The van der Waals surface area contributed by atoms with Crippen LogP contribution in [0.5, 0.6) is 0 Å². The van der Waals surface area contributed by atoms with Crippen molar-refractivity contribution in [3.63, 3.8) is 0 Å². The summed E-state index contributed by atoms with van der Waals surface area (Å²) in [7, 11) is 0. The van der Waals surface area contributed by atoms with Crippen molar-refractivity contribution in [1.82, 2.24) is 29.6 Å². The Balaban J connectivity index is 0.00000133. The fourth-order valence-electron chi connectivity index (χ4n) is 3.28. The first-order chi connectivity index (χ1) is 16.6. The predicted octanol–water partition coefficient (Wildman–Crippen LogP) is 3.59. The van der Waals surface area contributed by atoms with Gasteiger partial charge in [0.1, 0.15) is 23.0 Å². The van der Waals surface area contributed by atoms with Gasteiger partial charge in [-0.15, -0.1) is 0 Å². The minimum atomic E-state index is -0.662. The van der Waals surface area contributed by atoms with E-state index in [-0.39, 0.29) is 17.4 Å². The van der Waals surface area contributed by atoms with E-state index >= 15 is 0 Å². The zero-order valence-electron chi connectivity index (χ0n) is 18.4. The second-order valence-electron chi connectivity index (χ2n) is 6.78. The molecule has 0 amide bonds. The Hall–Kier alpha value is -4.85. The predicted molar refractivity (Wildman–Crippen MR) is 126 cm³/mol. The number of benzene rings is 2. The third kappa shape index (κ3) is 4.24.